The van der Waals surface area contributed by atoms with Crippen molar-refractivity contribution < 1.29 is 0 Å². The van der Waals surface area contributed by atoms with E-state index in [-0.39, 0.29) is 11.2 Å². The highest BCUT2D eigenvalue weighted by molar-refractivity contribution is 7.99. The summed E-state index contributed by atoms with van der Waals surface area (Å²) in [4.78, 5) is 26.3. The molecule has 3 rings (SSSR count). The van der Waals surface area contributed by atoms with E-state index >= 15 is 0 Å². The van der Waals surface area contributed by atoms with Gasteiger partial charge < -0.3 is 10.6 Å². The van der Waals surface area contributed by atoms with E-state index in [0.29, 0.717) is 11.8 Å². The SMILES string of the molecule is Cc1nc(S[C@@H](C)c2nc(N)nc(N(C)C)n2)c2c(C)c(C)sc2n1. The molecular weight excluding hydrogens is 354 g/mol. The smallest absolute Gasteiger partial charge is 0.229 e. The Labute approximate surface area is 155 Å². The van der Waals surface area contributed by atoms with Crippen molar-refractivity contribution in [2.45, 2.75) is 38.0 Å². The first-order valence-electron chi connectivity index (χ1n) is 7.86. The summed E-state index contributed by atoms with van der Waals surface area (Å²) < 4.78 is 0. The minimum Gasteiger partial charge on any atom is -0.368 e. The number of nitrogens with zero attached hydrogens (tertiary/aromatic N) is 6. The van der Waals surface area contributed by atoms with Crippen LogP contribution in [0.1, 0.15) is 34.3 Å². The number of anilines is 2. The highest BCUT2D eigenvalue weighted by Crippen LogP contribution is 2.40. The summed E-state index contributed by atoms with van der Waals surface area (Å²) in [5, 5.41) is 2.07. The lowest BCUT2D eigenvalue weighted by atomic mass is 10.2. The molecule has 0 bridgehead atoms. The maximum atomic E-state index is 5.85. The fourth-order valence-electron chi connectivity index (χ4n) is 2.40. The third-order valence-corrected chi connectivity index (χ3v) is 6.00. The zero-order valence-corrected chi connectivity index (χ0v) is 16.8. The molecule has 132 valence electrons. The Hall–Kier alpha value is -2.00. The standard InChI is InChI=1S/C16H21N7S2/c1-7-8(2)24-13-11(7)14(19-10(4)18-13)25-9(3)12-20-15(17)22-16(21-12)23(5)6/h9H,1-6H3,(H2,17,20,21,22)/t9-/m0/s1. The first-order valence-corrected chi connectivity index (χ1v) is 9.55. The molecule has 0 amide bonds. The van der Waals surface area contributed by atoms with Gasteiger partial charge in [0.2, 0.25) is 11.9 Å². The van der Waals surface area contributed by atoms with Crippen LogP contribution >= 0.6 is 23.1 Å². The molecule has 3 aromatic rings. The third kappa shape index (κ3) is 3.52. The molecule has 3 aromatic heterocycles. The van der Waals surface area contributed by atoms with Gasteiger partial charge in [-0.2, -0.15) is 15.0 Å². The molecule has 2 N–H and O–H groups in total. The largest absolute Gasteiger partial charge is 0.368 e. The van der Waals surface area contributed by atoms with Gasteiger partial charge in [-0.25, -0.2) is 9.97 Å². The fourth-order valence-corrected chi connectivity index (χ4v) is 4.64. The number of fused-ring (bicyclic) bond motifs is 1. The summed E-state index contributed by atoms with van der Waals surface area (Å²) in [5.74, 6) is 2.21. The minimum absolute atomic E-state index is 0.0129. The Morgan fingerprint density at radius 1 is 1.04 bits per heavy atom. The van der Waals surface area contributed by atoms with Gasteiger partial charge in [-0.3, -0.25) is 0 Å². The number of aromatic nitrogens is 5. The average Bonchev–Trinajstić information content (AvgIpc) is 2.81. The topological polar surface area (TPSA) is 93.7 Å². The molecule has 0 fully saturated rings. The number of nitrogens with two attached hydrogens (primary N) is 1. The molecule has 7 nitrogen and oxygen atoms in total. The molecule has 0 aromatic carbocycles. The van der Waals surface area contributed by atoms with Crippen molar-refractivity contribution in [3.8, 4) is 0 Å². The summed E-state index contributed by atoms with van der Waals surface area (Å²) in [6.45, 7) is 8.21. The van der Waals surface area contributed by atoms with Crippen LogP contribution in [0, 0.1) is 20.8 Å². The molecule has 0 radical (unpaired) electrons. The second kappa shape index (κ2) is 6.72. The summed E-state index contributed by atoms with van der Waals surface area (Å²) >= 11 is 3.33. The van der Waals surface area contributed by atoms with E-state index < -0.39 is 0 Å². The van der Waals surface area contributed by atoms with Crippen molar-refractivity contribution in [2.24, 2.45) is 0 Å². The highest BCUT2D eigenvalue weighted by atomic mass is 32.2. The lowest BCUT2D eigenvalue weighted by Crippen LogP contribution is -2.16. The van der Waals surface area contributed by atoms with Gasteiger partial charge in [-0.1, -0.05) is 11.8 Å². The van der Waals surface area contributed by atoms with Gasteiger partial charge in [0.15, 0.2) is 0 Å². The van der Waals surface area contributed by atoms with Crippen LogP contribution in [-0.4, -0.2) is 39.0 Å². The van der Waals surface area contributed by atoms with Crippen molar-refractivity contribution in [2.75, 3.05) is 24.7 Å². The van der Waals surface area contributed by atoms with E-state index in [0.717, 1.165) is 21.1 Å². The monoisotopic (exact) mass is 375 g/mol. The summed E-state index contributed by atoms with van der Waals surface area (Å²) in [6, 6.07) is 0. The van der Waals surface area contributed by atoms with Crippen LogP contribution in [0.15, 0.2) is 5.03 Å². The highest BCUT2D eigenvalue weighted by Gasteiger charge is 2.19. The number of thiophene rings is 1. The van der Waals surface area contributed by atoms with Gasteiger partial charge in [0.25, 0.3) is 0 Å². The second-order valence-electron chi connectivity index (χ2n) is 6.05. The third-order valence-electron chi connectivity index (χ3n) is 3.82. The molecule has 0 unspecified atom stereocenters. The summed E-state index contributed by atoms with van der Waals surface area (Å²) in [6.07, 6.45) is 0. The fraction of sp³-hybridized carbons (Fsp3) is 0.438. The van der Waals surface area contributed by atoms with E-state index in [1.165, 1.54) is 10.4 Å². The van der Waals surface area contributed by atoms with Gasteiger partial charge in [0.1, 0.15) is 21.5 Å². The average molecular weight is 376 g/mol. The maximum Gasteiger partial charge on any atom is 0.229 e. The van der Waals surface area contributed by atoms with E-state index in [1.807, 2.05) is 25.9 Å². The van der Waals surface area contributed by atoms with Crippen molar-refractivity contribution >= 4 is 45.2 Å². The quantitative estimate of drug-likeness (QED) is 0.548. The lowest BCUT2D eigenvalue weighted by molar-refractivity contribution is 0.862. The number of rotatable bonds is 4. The first kappa shape index (κ1) is 17.8. The first-order chi connectivity index (χ1) is 11.8. The van der Waals surface area contributed by atoms with E-state index in [9.17, 15) is 0 Å². The number of hydrogen-bond donors (Lipinski definition) is 1. The molecule has 0 saturated carbocycles. The Morgan fingerprint density at radius 3 is 2.44 bits per heavy atom. The zero-order chi connectivity index (χ0) is 18.3. The van der Waals surface area contributed by atoms with Crippen LogP contribution < -0.4 is 10.6 Å². The number of nitrogen functional groups attached to an aromatic ring is 1. The van der Waals surface area contributed by atoms with Crippen molar-refractivity contribution in [3.63, 3.8) is 0 Å². The van der Waals surface area contributed by atoms with Crippen LogP contribution in [0.3, 0.4) is 0 Å². The van der Waals surface area contributed by atoms with Crippen LogP contribution in [0.25, 0.3) is 10.2 Å². The second-order valence-corrected chi connectivity index (χ2v) is 8.58. The molecule has 1 atom stereocenters. The number of hydrogen-bond acceptors (Lipinski definition) is 9. The van der Waals surface area contributed by atoms with Gasteiger partial charge in [0, 0.05) is 24.4 Å². The Bertz CT molecular complexity index is 936. The molecule has 0 spiro atoms. The minimum atomic E-state index is -0.0129. The summed E-state index contributed by atoms with van der Waals surface area (Å²) in [5.41, 5.74) is 7.08. The van der Waals surface area contributed by atoms with Gasteiger partial charge >= 0.3 is 0 Å². The Kier molecular flexibility index (Phi) is 4.79. The number of thioether (sulfide) groups is 1. The van der Waals surface area contributed by atoms with Gasteiger partial charge in [0.05, 0.1) is 5.25 Å². The van der Waals surface area contributed by atoms with Gasteiger partial charge in [-0.05, 0) is 33.3 Å². The molecule has 9 heteroatoms. The van der Waals surface area contributed by atoms with Crippen LogP contribution in [0.4, 0.5) is 11.9 Å². The van der Waals surface area contributed by atoms with Crippen LogP contribution in [0.5, 0.6) is 0 Å². The van der Waals surface area contributed by atoms with Crippen molar-refractivity contribution in [1.82, 2.24) is 24.9 Å². The van der Waals surface area contributed by atoms with E-state index in [4.69, 9.17) is 5.73 Å². The maximum absolute atomic E-state index is 5.85. The van der Waals surface area contributed by atoms with Crippen molar-refractivity contribution in [3.05, 3.63) is 22.1 Å². The molecule has 0 saturated heterocycles. The molecule has 0 aliphatic heterocycles. The Morgan fingerprint density at radius 2 is 1.76 bits per heavy atom. The molecule has 3 heterocycles. The van der Waals surface area contributed by atoms with Crippen LogP contribution in [0.2, 0.25) is 0 Å². The van der Waals surface area contributed by atoms with E-state index in [1.54, 1.807) is 23.1 Å². The predicted octanol–water partition coefficient (Wildman–Crippen LogP) is 3.30. The molecule has 25 heavy (non-hydrogen) atoms. The zero-order valence-electron chi connectivity index (χ0n) is 15.2. The summed E-state index contributed by atoms with van der Waals surface area (Å²) in [7, 11) is 3.76. The lowest BCUT2D eigenvalue weighted by Gasteiger charge is -2.15. The molecular formula is C16H21N7S2. The molecule has 0 aliphatic carbocycles. The molecule has 0 aliphatic rings. The van der Waals surface area contributed by atoms with Gasteiger partial charge in [-0.15, -0.1) is 11.3 Å². The van der Waals surface area contributed by atoms with E-state index in [2.05, 4.69) is 45.7 Å². The van der Waals surface area contributed by atoms with Crippen LogP contribution in [-0.2, 0) is 0 Å². The Balaban J connectivity index is 2.01. The number of aryl methyl sites for hydroxylation is 3. The normalized spacial score (nSPS) is 12.6. The van der Waals surface area contributed by atoms with Crippen molar-refractivity contribution in [1.29, 1.82) is 0 Å². The predicted molar refractivity (Wildman–Crippen MR) is 104 cm³/mol.